The first-order valence-corrected chi connectivity index (χ1v) is 6.49. The van der Waals surface area contributed by atoms with E-state index in [0.717, 1.165) is 12.8 Å². The van der Waals surface area contributed by atoms with Crippen LogP contribution in [0.25, 0.3) is 0 Å². The quantitative estimate of drug-likeness (QED) is 0.222. The number of nitrogens with zero attached hydrogens (tertiary/aromatic N) is 1. The van der Waals surface area contributed by atoms with Gasteiger partial charge in [0.15, 0.2) is 0 Å². The first kappa shape index (κ1) is 15.9. The molecule has 0 saturated carbocycles. The first-order valence-electron chi connectivity index (χ1n) is 6.49. The maximum atomic E-state index is 11.6. The Bertz CT molecular complexity index is 227. The Balaban J connectivity index is 3.93. The fourth-order valence-corrected chi connectivity index (χ4v) is 1.62. The summed E-state index contributed by atoms with van der Waals surface area (Å²) in [7, 11) is 0. The third kappa shape index (κ3) is 8.72. The highest BCUT2D eigenvalue weighted by molar-refractivity contribution is 5.89. The summed E-state index contributed by atoms with van der Waals surface area (Å²) in [6.45, 7) is 5.79. The minimum absolute atomic E-state index is 0.128. The van der Waals surface area contributed by atoms with Crippen LogP contribution < -0.4 is 0 Å². The van der Waals surface area contributed by atoms with Crippen LogP contribution >= 0.6 is 0 Å². The van der Waals surface area contributed by atoms with Gasteiger partial charge in [-0.05, 0) is 20.3 Å². The third-order valence-corrected chi connectivity index (χ3v) is 2.52. The van der Waals surface area contributed by atoms with Gasteiger partial charge >= 0.3 is 5.97 Å². The predicted molar refractivity (Wildman–Crippen MR) is 68.4 cm³/mol. The maximum absolute atomic E-state index is 11.6. The molecule has 4 heteroatoms. The van der Waals surface area contributed by atoms with E-state index in [2.05, 4.69) is 12.1 Å². The van der Waals surface area contributed by atoms with Crippen molar-refractivity contribution in [1.82, 2.24) is 0 Å². The molecule has 100 valence electrons. The van der Waals surface area contributed by atoms with E-state index in [9.17, 15) is 4.79 Å². The Labute approximate surface area is 104 Å². The summed E-state index contributed by atoms with van der Waals surface area (Å²) in [5, 5.41) is 11.5. The molecule has 0 aromatic heterocycles. The molecule has 1 N–H and O–H groups in total. The Kier molecular flexibility index (Phi) is 9.49. The van der Waals surface area contributed by atoms with Gasteiger partial charge in [0.1, 0.15) is 0 Å². The number of esters is 1. The molecule has 0 aromatic carbocycles. The van der Waals surface area contributed by atoms with Crippen molar-refractivity contribution in [3.05, 3.63) is 0 Å². The second-order valence-electron chi connectivity index (χ2n) is 4.56. The Hall–Kier alpha value is -1.06. The van der Waals surface area contributed by atoms with Gasteiger partial charge in [0.05, 0.1) is 18.2 Å². The summed E-state index contributed by atoms with van der Waals surface area (Å²) in [5.41, 5.74) is 0. The van der Waals surface area contributed by atoms with Gasteiger partial charge in [-0.1, -0.05) is 39.0 Å². The molecule has 4 nitrogen and oxygen atoms in total. The molecule has 0 amide bonds. The number of unbranched alkanes of at least 4 members (excludes halogenated alkanes) is 4. The first-order chi connectivity index (χ1) is 8.11. The molecule has 0 aliphatic heterocycles. The molecule has 0 heterocycles. The number of hydrogen-bond donors (Lipinski definition) is 1. The van der Waals surface area contributed by atoms with Crippen LogP contribution in [0.15, 0.2) is 5.16 Å². The van der Waals surface area contributed by atoms with Crippen LogP contribution in [0.4, 0.5) is 0 Å². The largest absolute Gasteiger partial charge is 0.462 e. The van der Waals surface area contributed by atoms with Crippen molar-refractivity contribution in [3.8, 4) is 0 Å². The molecule has 1 unspecified atom stereocenters. The molecule has 0 aromatic rings. The monoisotopic (exact) mass is 243 g/mol. The molecular formula is C13H25NO3. The minimum atomic E-state index is -0.413. The van der Waals surface area contributed by atoms with Crippen molar-refractivity contribution in [2.45, 2.75) is 65.4 Å². The zero-order valence-electron chi connectivity index (χ0n) is 11.2. The molecule has 0 rings (SSSR count). The molecular weight excluding hydrogens is 218 g/mol. The predicted octanol–water partition coefficient (Wildman–Crippen LogP) is 3.37. The normalized spacial score (nSPS) is 13.2. The van der Waals surface area contributed by atoms with E-state index in [1.807, 2.05) is 13.8 Å². The molecule has 0 spiro atoms. The van der Waals surface area contributed by atoms with Crippen LogP contribution in [0.1, 0.15) is 59.3 Å². The summed E-state index contributed by atoms with van der Waals surface area (Å²) in [4.78, 5) is 11.6. The topological polar surface area (TPSA) is 58.9 Å². The second kappa shape index (κ2) is 10.1. The van der Waals surface area contributed by atoms with E-state index in [1.165, 1.54) is 25.5 Å². The number of carbonyl (C=O) groups is 1. The molecule has 0 fully saturated rings. The fraction of sp³-hybridized carbons (Fsp3) is 0.846. The fourth-order valence-electron chi connectivity index (χ4n) is 1.62. The molecule has 0 bridgehead atoms. The van der Waals surface area contributed by atoms with Gasteiger partial charge in [0, 0.05) is 0 Å². The molecule has 17 heavy (non-hydrogen) atoms. The summed E-state index contributed by atoms with van der Waals surface area (Å²) in [6, 6.07) is 0. The number of carbonyl (C=O) groups excluding carboxylic acids is 1. The van der Waals surface area contributed by atoms with Crippen LogP contribution in [0.2, 0.25) is 0 Å². The van der Waals surface area contributed by atoms with E-state index in [0.29, 0.717) is 6.42 Å². The summed E-state index contributed by atoms with van der Waals surface area (Å²) < 4.78 is 5.10. The van der Waals surface area contributed by atoms with Gasteiger partial charge in [-0.2, -0.15) is 0 Å². The van der Waals surface area contributed by atoms with E-state index < -0.39 is 5.92 Å². The lowest BCUT2D eigenvalue weighted by atomic mass is 10.0. The van der Waals surface area contributed by atoms with Crippen LogP contribution in [-0.4, -0.2) is 23.5 Å². The van der Waals surface area contributed by atoms with Gasteiger partial charge in [-0.25, -0.2) is 0 Å². The van der Waals surface area contributed by atoms with Crippen LogP contribution in [0, 0.1) is 5.92 Å². The molecule has 0 aliphatic rings. The Morgan fingerprint density at radius 2 is 1.94 bits per heavy atom. The van der Waals surface area contributed by atoms with Crippen LogP contribution in [0.5, 0.6) is 0 Å². The number of ether oxygens (including phenoxy) is 1. The summed E-state index contributed by atoms with van der Waals surface area (Å²) in [5.74, 6) is -0.711. The smallest absolute Gasteiger partial charge is 0.314 e. The Morgan fingerprint density at radius 3 is 2.47 bits per heavy atom. The minimum Gasteiger partial charge on any atom is -0.462 e. The second-order valence-corrected chi connectivity index (χ2v) is 4.56. The molecule has 0 radical (unpaired) electrons. The van der Waals surface area contributed by atoms with Crippen molar-refractivity contribution < 1.29 is 14.7 Å². The third-order valence-electron chi connectivity index (χ3n) is 2.52. The highest BCUT2D eigenvalue weighted by Crippen LogP contribution is 2.12. The van der Waals surface area contributed by atoms with Crippen LogP contribution in [0.3, 0.4) is 0 Å². The highest BCUT2D eigenvalue weighted by Gasteiger charge is 2.18. The van der Waals surface area contributed by atoms with Gasteiger partial charge in [0.25, 0.3) is 0 Å². The summed E-state index contributed by atoms with van der Waals surface area (Å²) >= 11 is 0. The van der Waals surface area contributed by atoms with Crippen LogP contribution in [-0.2, 0) is 9.53 Å². The van der Waals surface area contributed by atoms with Crippen molar-refractivity contribution in [1.29, 1.82) is 0 Å². The van der Waals surface area contributed by atoms with Gasteiger partial charge in [-0.3, -0.25) is 4.79 Å². The van der Waals surface area contributed by atoms with Crippen molar-refractivity contribution in [2.75, 3.05) is 0 Å². The average molecular weight is 243 g/mol. The average Bonchev–Trinajstić information content (AvgIpc) is 2.26. The zero-order chi connectivity index (χ0) is 13.1. The number of oxime groups is 1. The van der Waals surface area contributed by atoms with E-state index in [4.69, 9.17) is 9.94 Å². The highest BCUT2D eigenvalue weighted by atomic mass is 16.5. The van der Waals surface area contributed by atoms with Gasteiger partial charge in [0.2, 0.25) is 0 Å². The van der Waals surface area contributed by atoms with Crippen molar-refractivity contribution in [2.24, 2.45) is 11.1 Å². The summed E-state index contributed by atoms with van der Waals surface area (Å²) in [6.07, 6.45) is 7.54. The Morgan fingerprint density at radius 1 is 1.29 bits per heavy atom. The van der Waals surface area contributed by atoms with E-state index in [1.54, 1.807) is 0 Å². The lowest BCUT2D eigenvalue weighted by Crippen LogP contribution is -2.22. The molecule has 1 atom stereocenters. The standard InChI is InChI=1S/C13H25NO3/c1-4-5-6-7-8-9-12(10-14-16)13(15)17-11(2)3/h10-12,16H,4-9H2,1-3H3/b14-10-. The SMILES string of the molecule is CCCCCCCC(/C=N\O)C(=O)OC(C)C. The van der Waals surface area contributed by atoms with Crippen molar-refractivity contribution in [3.63, 3.8) is 0 Å². The van der Waals surface area contributed by atoms with Gasteiger partial charge in [-0.15, -0.1) is 5.16 Å². The van der Waals surface area contributed by atoms with Gasteiger partial charge < -0.3 is 9.94 Å². The van der Waals surface area contributed by atoms with E-state index >= 15 is 0 Å². The lowest BCUT2D eigenvalue weighted by Gasteiger charge is -2.13. The number of hydrogen-bond acceptors (Lipinski definition) is 4. The molecule has 0 saturated heterocycles. The number of rotatable bonds is 9. The maximum Gasteiger partial charge on any atom is 0.314 e. The zero-order valence-corrected chi connectivity index (χ0v) is 11.2. The van der Waals surface area contributed by atoms with Crippen molar-refractivity contribution >= 4 is 12.2 Å². The lowest BCUT2D eigenvalue weighted by molar-refractivity contribution is -0.150. The molecule has 0 aliphatic carbocycles. The van der Waals surface area contributed by atoms with E-state index in [-0.39, 0.29) is 12.1 Å².